The Bertz CT molecular complexity index is 276. The van der Waals surface area contributed by atoms with Gasteiger partial charge in [0.25, 0.3) is 0 Å². The van der Waals surface area contributed by atoms with Gasteiger partial charge in [0.1, 0.15) is 6.04 Å². The number of carbonyl (C=O) groups excluding carboxylic acids is 1. The van der Waals surface area contributed by atoms with Crippen molar-refractivity contribution in [1.82, 2.24) is 9.78 Å². The number of nitrogens with two attached hydrogens (primary N) is 1. The van der Waals surface area contributed by atoms with Crippen LogP contribution in [0.5, 0.6) is 0 Å². The smallest absolute Gasteiger partial charge is 0.323 e. The Morgan fingerprint density at radius 2 is 2.57 bits per heavy atom. The van der Waals surface area contributed by atoms with E-state index < -0.39 is 6.04 Å². The van der Waals surface area contributed by atoms with Crippen LogP contribution in [0.4, 0.5) is 0 Å². The standard InChI is InChI=1S/C8H13N3O2S/c1-13-8(12)7(9)5-14-6-11-4-2-3-10-11/h2-4,7H,5-6,9H2,1H3. The lowest BCUT2D eigenvalue weighted by molar-refractivity contribution is -0.141. The number of hydrogen-bond acceptors (Lipinski definition) is 5. The molecular formula is C8H13N3O2S. The Labute approximate surface area is 86.6 Å². The van der Waals surface area contributed by atoms with Crippen molar-refractivity contribution in [2.24, 2.45) is 5.73 Å². The number of hydrogen-bond donors (Lipinski definition) is 1. The van der Waals surface area contributed by atoms with Crippen LogP contribution < -0.4 is 5.73 Å². The minimum atomic E-state index is -0.555. The van der Waals surface area contributed by atoms with Gasteiger partial charge in [0.2, 0.25) is 0 Å². The number of aromatic nitrogens is 2. The summed E-state index contributed by atoms with van der Waals surface area (Å²) >= 11 is 1.54. The van der Waals surface area contributed by atoms with E-state index >= 15 is 0 Å². The molecule has 6 heteroatoms. The van der Waals surface area contributed by atoms with E-state index in [4.69, 9.17) is 5.73 Å². The summed E-state index contributed by atoms with van der Waals surface area (Å²) < 4.78 is 6.27. The summed E-state index contributed by atoms with van der Waals surface area (Å²) in [6.45, 7) is 0. The summed E-state index contributed by atoms with van der Waals surface area (Å²) in [5.74, 6) is 0.850. The van der Waals surface area contributed by atoms with Gasteiger partial charge in [-0.25, -0.2) is 0 Å². The molecule has 1 aromatic heterocycles. The monoisotopic (exact) mass is 215 g/mol. The molecule has 0 saturated heterocycles. The molecule has 0 saturated carbocycles. The molecule has 0 aliphatic rings. The van der Waals surface area contributed by atoms with E-state index in [-0.39, 0.29) is 5.97 Å². The number of rotatable bonds is 5. The minimum Gasteiger partial charge on any atom is -0.468 e. The molecule has 1 atom stereocenters. The highest BCUT2D eigenvalue weighted by atomic mass is 32.2. The summed E-state index contributed by atoms with van der Waals surface area (Å²) in [7, 11) is 1.33. The molecule has 78 valence electrons. The first-order valence-electron chi connectivity index (χ1n) is 4.12. The predicted molar refractivity (Wildman–Crippen MR) is 54.7 cm³/mol. The van der Waals surface area contributed by atoms with Gasteiger partial charge in [0.05, 0.1) is 13.0 Å². The van der Waals surface area contributed by atoms with Crippen LogP contribution in [-0.4, -0.2) is 34.7 Å². The number of methoxy groups -OCH3 is 1. The molecule has 0 amide bonds. The van der Waals surface area contributed by atoms with E-state index in [1.807, 2.05) is 12.3 Å². The van der Waals surface area contributed by atoms with Gasteiger partial charge in [-0.15, -0.1) is 11.8 Å². The van der Waals surface area contributed by atoms with Crippen molar-refractivity contribution < 1.29 is 9.53 Å². The van der Waals surface area contributed by atoms with Gasteiger partial charge < -0.3 is 10.5 Å². The molecule has 0 bridgehead atoms. The quantitative estimate of drug-likeness (QED) is 0.704. The Morgan fingerprint density at radius 3 is 3.14 bits per heavy atom. The second kappa shape index (κ2) is 5.66. The highest BCUT2D eigenvalue weighted by Gasteiger charge is 2.12. The van der Waals surface area contributed by atoms with Gasteiger partial charge in [-0.3, -0.25) is 9.48 Å². The fourth-order valence-corrected chi connectivity index (χ4v) is 1.70. The van der Waals surface area contributed by atoms with Crippen LogP contribution in [0.3, 0.4) is 0 Å². The Kier molecular flexibility index (Phi) is 4.48. The third-order valence-corrected chi connectivity index (χ3v) is 2.63. The Hall–Kier alpha value is -1.01. The van der Waals surface area contributed by atoms with Gasteiger partial charge in [0.15, 0.2) is 0 Å². The van der Waals surface area contributed by atoms with Gasteiger partial charge in [-0.1, -0.05) is 0 Å². The van der Waals surface area contributed by atoms with Crippen molar-refractivity contribution in [2.75, 3.05) is 12.9 Å². The van der Waals surface area contributed by atoms with Crippen molar-refractivity contribution in [3.63, 3.8) is 0 Å². The number of carbonyl (C=O) groups is 1. The molecule has 1 unspecified atom stereocenters. The fourth-order valence-electron chi connectivity index (χ4n) is 0.869. The summed E-state index contributed by atoms with van der Waals surface area (Å²) in [5, 5.41) is 4.02. The maximum absolute atomic E-state index is 10.9. The topological polar surface area (TPSA) is 70.1 Å². The van der Waals surface area contributed by atoms with E-state index in [1.165, 1.54) is 18.9 Å². The zero-order chi connectivity index (χ0) is 10.4. The van der Waals surface area contributed by atoms with Crippen LogP contribution in [0.1, 0.15) is 0 Å². The zero-order valence-electron chi connectivity index (χ0n) is 7.92. The third-order valence-electron chi connectivity index (χ3n) is 1.58. The zero-order valence-corrected chi connectivity index (χ0v) is 8.74. The van der Waals surface area contributed by atoms with Crippen molar-refractivity contribution in [3.8, 4) is 0 Å². The fraction of sp³-hybridized carbons (Fsp3) is 0.500. The van der Waals surface area contributed by atoms with Crippen LogP contribution in [0.25, 0.3) is 0 Å². The maximum Gasteiger partial charge on any atom is 0.323 e. The maximum atomic E-state index is 10.9. The van der Waals surface area contributed by atoms with Crippen LogP contribution in [-0.2, 0) is 15.4 Å². The lowest BCUT2D eigenvalue weighted by atomic mass is 10.4. The summed E-state index contributed by atoms with van der Waals surface area (Å²) in [6.07, 6.45) is 3.57. The number of esters is 1. The second-order valence-corrected chi connectivity index (χ2v) is 3.67. The first-order chi connectivity index (χ1) is 6.74. The van der Waals surface area contributed by atoms with Crippen LogP contribution in [0.15, 0.2) is 18.5 Å². The van der Waals surface area contributed by atoms with Crippen molar-refractivity contribution in [3.05, 3.63) is 18.5 Å². The average molecular weight is 215 g/mol. The van der Waals surface area contributed by atoms with E-state index in [0.717, 1.165) is 0 Å². The van der Waals surface area contributed by atoms with Crippen molar-refractivity contribution >= 4 is 17.7 Å². The summed E-state index contributed by atoms with van der Waals surface area (Å²) in [6, 6.07) is 1.29. The van der Waals surface area contributed by atoms with E-state index in [0.29, 0.717) is 11.6 Å². The molecule has 2 N–H and O–H groups in total. The molecule has 0 spiro atoms. The molecule has 1 heterocycles. The molecule has 5 nitrogen and oxygen atoms in total. The summed E-state index contributed by atoms with van der Waals surface area (Å²) in [5.41, 5.74) is 5.54. The number of ether oxygens (including phenoxy) is 1. The molecule has 0 aliphatic carbocycles. The lowest BCUT2D eigenvalue weighted by Gasteiger charge is -2.08. The normalized spacial score (nSPS) is 12.4. The second-order valence-electron chi connectivity index (χ2n) is 2.68. The molecule has 14 heavy (non-hydrogen) atoms. The lowest BCUT2D eigenvalue weighted by Crippen LogP contribution is -2.34. The van der Waals surface area contributed by atoms with Gasteiger partial charge in [0, 0.05) is 18.1 Å². The Morgan fingerprint density at radius 1 is 1.79 bits per heavy atom. The number of nitrogens with zero attached hydrogens (tertiary/aromatic N) is 2. The van der Waals surface area contributed by atoms with Crippen molar-refractivity contribution in [1.29, 1.82) is 0 Å². The van der Waals surface area contributed by atoms with Crippen LogP contribution in [0.2, 0.25) is 0 Å². The van der Waals surface area contributed by atoms with Crippen molar-refractivity contribution in [2.45, 2.75) is 11.9 Å². The van der Waals surface area contributed by atoms with Gasteiger partial charge in [-0.2, -0.15) is 5.10 Å². The molecule has 0 aromatic carbocycles. The SMILES string of the molecule is COC(=O)C(N)CSCn1cccn1. The molecular weight excluding hydrogens is 202 g/mol. The first kappa shape index (κ1) is 11.1. The highest BCUT2D eigenvalue weighted by molar-refractivity contribution is 7.98. The van der Waals surface area contributed by atoms with Gasteiger partial charge >= 0.3 is 5.97 Å². The van der Waals surface area contributed by atoms with E-state index in [2.05, 4.69) is 9.84 Å². The molecule has 0 radical (unpaired) electrons. The largest absolute Gasteiger partial charge is 0.468 e. The molecule has 1 rings (SSSR count). The summed E-state index contributed by atoms with van der Waals surface area (Å²) in [4.78, 5) is 10.9. The van der Waals surface area contributed by atoms with Crippen LogP contribution in [0, 0.1) is 0 Å². The molecule has 1 aromatic rings. The third kappa shape index (κ3) is 3.39. The van der Waals surface area contributed by atoms with E-state index in [9.17, 15) is 4.79 Å². The Balaban J connectivity index is 2.18. The van der Waals surface area contributed by atoms with E-state index in [1.54, 1.807) is 10.9 Å². The first-order valence-corrected chi connectivity index (χ1v) is 5.28. The minimum absolute atomic E-state index is 0.377. The van der Waals surface area contributed by atoms with Crippen LogP contribution >= 0.6 is 11.8 Å². The predicted octanol–water partition coefficient (Wildman–Crippen LogP) is 0.0741. The highest BCUT2D eigenvalue weighted by Crippen LogP contribution is 2.05. The average Bonchev–Trinajstić information content (AvgIpc) is 2.69. The van der Waals surface area contributed by atoms with Gasteiger partial charge in [-0.05, 0) is 6.07 Å². The molecule has 0 aliphatic heterocycles. The molecule has 0 fully saturated rings. The number of thioether (sulfide) groups is 1.